The van der Waals surface area contributed by atoms with E-state index in [1.54, 1.807) is 0 Å². The van der Waals surface area contributed by atoms with Crippen molar-refractivity contribution < 1.29 is 5.11 Å². The van der Waals surface area contributed by atoms with Crippen molar-refractivity contribution in [2.45, 2.75) is 38.3 Å². The maximum Gasteiger partial charge on any atom is 0.0680 e. The van der Waals surface area contributed by atoms with Crippen LogP contribution in [0.25, 0.3) is 0 Å². The number of β-amino-alcohol motifs (C(OH)–C–C–N with tert-alkyl or cyclic N) is 1. The number of hydrogen-bond acceptors (Lipinski definition) is 3. The van der Waals surface area contributed by atoms with Crippen molar-refractivity contribution in [3.8, 4) is 0 Å². The Hall–Kier alpha value is -1.06. The van der Waals surface area contributed by atoms with Crippen LogP contribution in [0.3, 0.4) is 0 Å². The molecule has 18 heavy (non-hydrogen) atoms. The molecule has 0 saturated carbocycles. The molecule has 3 rings (SSSR count). The Morgan fingerprint density at radius 2 is 2.33 bits per heavy atom. The van der Waals surface area contributed by atoms with Gasteiger partial charge in [-0.2, -0.15) is 0 Å². The van der Waals surface area contributed by atoms with Gasteiger partial charge in [0.05, 0.1) is 6.10 Å². The average Bonchev–Trinajstić information content (AvgIpc) is 2.75. The van der Waals surface area contributed by atoms with Crippen LogP contribution in [0.15, 0.2) is 18.2 Å². The van der Waals surface area contributed by atoms with Crippen LogP contribution in [0.2, 0.25) is 0 Å². The smallest absolute Gasteiger partial charge is 0.0680 e. The zero-order valence-corrected chi connectivity index (χ0v) is 11.0. The first-order valence-electron chi connectivity index (χ1n) is 6.98. The van der Waals surface area contributed by atoms with Crippen LogP contribution in [0.4, 0.5) is 5.69 Å². The number of aryl methyl sites for hydroxylation is 2. The van der Waals surface area contributed by atoms with E-state index in [4.69, 9.17) is 0 Å². The van der Waals surface area contributed by atoms with Gasteiger partial charge in [-0.05, 0) is 37.8 Å². The fraction of sp³-hybridized carbons (Fsp3) is 0.600. The molecule has 0 aromatic heterocycles. The predicted octanol–water partition coefficient (Wildman–Crippen LogP) is 1.47. The van der Waals surface area contributed by atoms with Crippen molar-refractivity contribution >= 4 is 5.69 Å². The second kappa shape index (κ2) is 4.90. The van der Waals surface area contributed by atoms with E-state index in [0.29, 0.717) is 6.04 Å². The second-order valence-electron chi connectivity index (χ2n) is 5.68. The van der Waals surface area contributed by atoms with Gasteiger partial charge in [0.1, 0.15) is 0 Å². The molecule has 1 aromatic rings. The van der Waals surface area contributed by atoms with E-state index in [9.17, 15) is 5.11 Å². The topological polar surface area (TPSA) is 35.5 Å². The molecule has 0 aliphatic carbocycles. The van der Waals surface area contributed by atoms with Crippen LogP contribution >= 0.6 is 0 Å². The number of nitrogens with one attached hydrogen (secondary N) is 1. The fourth-order valence-corrected chi connectivity index (χ4v) is 3.20. The van der Waals surface area contributed by atoms with E-state index in [-0.39, 0.29) is 6.10 Å². The maximum absolute atomic E-state index is 9.58. The van der Waals surface area contributed by atoms with E-state index in [1.807, 2.05) is 0 Å². The number of nitrogens with zero attached hydrogens (tertiary/aromatic N) is 1. The number of aliphatic hydroxyl groups is 1. The predicted molar refractivity (Wildman–Crippen MR) is 74.1 cm³/mol. The summed E-state index contributed by atoms with van der Waals surface area (Å²) in [7, 11) is 0. The average molecular weight is 246 g/mol. The largest absolute Gasteiger partial charge is 0.392 e. The SMILES string of the molecule is Cc1ccc2c(c1)CCCN2CC1CC(O)CN1. The molecular formula is C15H22N2O. The Labute approximate surface area is 109 Å². The van der Waals surface area contributed by atoms with Gasteiger partial charge in [-0.1, -0.05) is 17.7 Å². The van der Waals surface area contributed by atoms with Crippen LogP contribution in [-0.4, -0.2) is 36.9 Å². The lowest BCUT2D eigenvalue weighted by atomic mass is 9.99. The van der Waals surface area contributed by atoms with E-state index < -0.39 is 0 Å². The molecule has 2 aliphatic rings. The molecule has 0 radical (unpaired) electrons. The van der Waals surface area contributed by atoms with Crippen molar-refractivity contribution in [1.29, 1.82) is 0 Å². The third kappa shape index (κ3) is 2.38. The maximum atomic E-state index is 9.58. The first kappa shape index (κ1) is 12.0. The monoisotopic (exact) mass is 246 g/mol. The van der Waals surface area contributed by atoms with Crippen LogP contribution in [-0.2, 0) is 6.42 Å². The zero-order chi connectivity index (χ0) is 12.5. The van der Waals surface area contributed by atoms with E-state index >= 15 is 0 Å². The molecule has 2 atom stereocenters. The van der Waals surface area contributed by atoms with Crippen LogP contribution in [0, 0.1) is 6.92 Å². The van der Waals surface area contributed by atoms with Gasteiger partial charge >= 0.3 is 0 Å². The lowest BCUT2D eigenvalue weighted by Gasteiger charge is -2.33. The number of aliphatic hydroxyl groups excluding tert-OH is 1. The van der Waals surface area contributed by atoms with Gasteiger partial charge in [-0.3, -0.25) is 0 Å². The summed E-state index contributed by atoms with van der Waals surface area (Å²) in [5.74, 6) is 0. The van der Waals surface area contributed by atoms with Gasteiger partial charge in [0.25, 0.3) is 0 Å². The molecule has 98 valence electrons. The first-order valence-corrected chi connectivity index (χ1v) is 6.98. The quantitative estimate of drug-likeness (QED) is 0.829. The Kier molecular flexibility index (Phi) is 3.27. The number of fused-ring (bicyclic) bond motifs is 1. The molecular weight excluding hydrogens is 224 g/mol. The highest BCUT2D eigenvalue weighted by atomic mass is 16.3. The Bertz CT molecular complexity index is 433. The molecule has 3 nitrogen and oxygen atoms in total. The third-order valence-corrected chi connectivity index (χ3v) is 4.09. The zero-order valence-electron chi connectivity index (χ0n) is 11.0. The minimum Gasteiger partial charge on any atom is -0.392 e. The van der Waals surface area contributed by atoms with Crippen molar-refractivity contribution in [2.75, 3.05) is 24.5 Å². The molecule has 1 saturated heterocycles. The van der Waals surface area contributed by atoms with Gasteiger partial charge in [-0.25, -0.2) is 0 Å². The summed E-state index contributed by atoms with van der Waals surface area (Å²) in [6, 6.07) is 7.22. The normalized spacial score (nSPS) is 27.3. The standard InChI is InChI=1S/C15H22N2O/c1-11-4-5-15-12(7-11)3-2-6-17(15)10-13-8-14(18)9-16-13/h4-5,7,13-14,16,18H,2-3,6,8-10H2,1H3. The van der Waals surface area contributed by atoms with Gasteiger partial charge < -0.3 is 15.3 Å². The first-order chi connectivity index (χ1) is 8.72. The lowest BCUT2D eigenvalue weighted by molar-refractivity contribution is 0.193. The van der Waals surface area contributed by atoms with E-state index in [1.165, 1.54) is 29.7 Å². The molecule has 0 bridgehead atoms. The summed E-state index contributed by atoms with van der Waals surface area (Å²) < 4.78 is 0. The van der Waals surface area contributed by atoms with Crippen molar-refractivity contribution in [3.63, 3.8) is 0 Å². The minimum absolute atomic E-state index is 0.155. The molecule has 0 amide bonds. The number of hydrogen-bond donors (Lipinski definition) is 2. The third-order valence-electron chi connectivity index (χ3n) is 4.09. The molecule has 2 heterocycles. The van der Waals surface area contributed by atoms with E-state index in [2.05, 4.69) is 35.3 Å². The molecule has 3 heteroatoms. The second-order valence-corrected chi connectivity index (χ2v) is 5.68. The van der Waals surface area contributed by atoms with Gasteiger partial charge in [0, 0.05) is 31.4 Å². The molecule has 1 fully saturated rings. The Morgan fingerprint density at radius 3 is 3.11 bits per heavy atom. The highest BCUT2D eigenvalue weighted by molar-refractivity contribution is 5.56. The summed E-state index contributed by atoms with van der Waals surface area (Å²) in [6.07, 6.45) is 3.18. The highest BCUT2D eigenvalue weighted by Crippen LogP contribution is 2.28. The Morgan fingerprint density at radius 1 is 1.44 bits per heavy atom. The lowest BCUT2D eigenvalue weighted by Crippen LogP contribution is -2.40. The van der Waals surface area contributed by atoms with Crippen molar-refractivity contribution in [3.05, 3.63) is 29.3 Å². The van der Waals surface area contributed by atoms with Gasteiger partial charge in [0.15, 0.2) is 0 Å². The van der Waals surface area contributed by atoms with Gasteiger partial charge in [-0.15, -0.1) is 0 Å². The summed E-state index contributed by atoms with van der Waals surface area (Å²) in [6.45, 7) is 5.07. The van der Waals surface area contributed by atoms with Crippen LogP contribution in [0.1, 0.15) is 24.0 Å². The molecule has 2 aliphatic heterocycles. The molecule has 1 aromatic carbocycles. The highest BCUT2D eigenvalue weighted by Gasteiger charge is 2.26. The summed E-state index contributed by atoms with van der Waals surface area (Å²) >= 11 is 0. The van der Waals surface area contributed by atoms with Crippen LogP contribution in [0.5, 0.6) is 0 Å². The molecule has 2 unspecified atom stereocenters. The Balaban J connectivity index is 1.75. The molecule has 2 N–H and O–H groups in total. The summed E-state index contributed by atoms with van der Waals surface area (Å²) in [5, 5.41) is 13.0. The van der Waals surface area contributed by atoms with Crippen LogP contribution < -0.4 is 10.2 Å². The number of rotatable bonds is 2. The van der Waals surface area contributed by atoms with Gasteiger partial charge in [0.2, 0.25) is 0 Å². The molecule has 0 spiro atoms. The summed E-state index contributed by atoms with van der Waals surface area (Å²) in [4.78, 5) is 2.48. The van der Waals surface area contributed by atoms with Crippen molar-refractivity contribution in [1.82, 2.24) is 5.32 Å². The minimum atomic E-state index is -0.155. The summed E-state index contributed by atoms with van der Waals surface area (Å²) in [5.41, 5.74) is 4.24. The van der Waals surface area contributed by atoms with E-state index in [0.717, 1.165) is 26.1 Å². The van der Waals surface area contributed by atoms with Crippen molar-refractivity contribution in [2.24, 2.45) is 0 Å². The number of benzene rings is 1. The fourth-order valence-electron chi connectivity index (χ4n) is 3.20. The number of anilines is 1.